The summed E-state index contributed by atoms with van der Waals surface area (Å²) in [5.41, 5.74) is 2.44. The summed E-state index contributed by atoms with van der Waals surface area (Å²) in [4.78, 5) is 15.5. The van der Waals surface area contributed by atoms with E-state index in [1.165, 1.54) is 7.11 Å². The van der Waals surface area contributed by atoms with E-state index in [0.717, 1.165) is 16.5 Å². The minimum atomic E-state index is -0.334. The third-order valence-electron chi connectivity index (χ3n) is 2.24. The molecule has 0 atom stereocenters. The monoisotopic (exact) mass is 201 g/mol. The Bertz CT molecular complexity index is 520. The number of benzene rings is 1. The number of carbonyl (C=O) groups excluding carboxylic acids is 1. The van der Waals surface area contributed by atoms with Crippen LogP contribution in [0.3, 0.4) is 0 Å². The molecule has 2 rings (SSSR count). The third kappa shape index (κ3) is 1.81. The van der Waals surface area contributed by atoms with Gasteiger partial charge < -0.3 is 4.74 Å². The van der Waals surface area contributed by atoms with Crippen molar-refractivity contribution in [2.75, 3.05) is 7.11 Å². The van der Waals surface area contributed by atoms with Crippen LogP contribution in [0.15, 0.2) is 30.5 Å². The summed E-state index contributed by atoms with van der Waals surface area (Å²) < 4.78 is 4.64. The Morgan fingerprint density at radius 2 is 2.13 bits per heavy atom. The minimum absolute atomic E-state index is 0.334. The number of methoxy groups -OCH3 is 1. The molecule has 0 N–H and O–H groups in total. The minimum Gasteiger partial charge on any atom is -0.465 e. The zero-order valence-corrected chi connectivity index (χ0v) is 8.65. The fourth-order valence-electron chi connectivity index (χ4n) is 1.48. The highest BCUT2D eigenvalue weighted by Gasteiger charge is 2.05. The molecule has 0 amide bonds. The van der Waals surface area contributed by atoms with Crippen LogP contribution >= 0.6 is 0 Å². The second-order valence-corrected chi connectivity index (χ2v) is 3.41. The number of aromatic nitrogens is 1. The van der Waals surface area contributed by atoms with E-state index in [4.69, 9.17) is 0 Å². The zero-order chi connectivity index (χ0) is 10.8. The molecule has 15 heavy (non-hydrogen) atoms. The van der Waals surface area contributed by atoms with Gasteiger partial charge in [-0.05, 0) is 30.7 Å². The molecule has 0 spiro atoms. The molecule has 1 aromatic heterocycles. The summed E-state index contributed by atoms with van der Waals surface area (Å²) in [6.07, 6.45) is 1.78. The maximum Gasteiger partial charge on any atom is 0.337 e. The van der Waals surface area contributed by atoms with E-state index in [1.54, 1.807) is 18.3 Å². The average Bonchev–Trinajstić information content (AvgIpc) is 2.27. The predicted octanol–water partition coefficient (Wildman–Crippen LogP) is 2.33. The number of esters is 1. The molecule has 0 fully saturated rings. The van der Waals surface area contributed by atoms with Crippen molar-refractivity contribution in [2.45, 2.75) is 6.92 Å². The standard InChI is InChI=1S/C12H11NO2/c1-8-5-9-3-4-10(12(14)15-2)6-11(9)13-7-8/h3-7H,1-2H3. The highest BCUT2D eigenvalue weighted by atomic mass is 16.5. The Morgan fingerprint density at radius 3 is 2.87 bits per heavy atom. The molecule has 1 heterocycles. The number of hydrogen-bond donors (Lipinski definition) is 0. The summed E-state index contributed by atoms with van der Waals surface area (Å²) in [6, 6.07) is 7.39. The van der Waals surface area contributed by atoms with E-state index < -0.39 is 0 Å². The van der Waals surface area contributed by atoms with E-state index in [0.29, 0.717) is 5.56 Å². The first kappa shape index (κ1) is 9.65. The molecule has 0 bridgehead atoms. The van der Waals surface area contributed by atoms with Gasteiger partial charge in [0, 0.05) is 11.6 Å². The van der Waals surface area contributed by atoms with Crippen molar-refractivity contribution in [3.8, 4) is 0 Å². The molecule has 1 aromatic carbocycles. The number of aryl methyl sites for hydroxylation is 1. The number of fused-ring (bicyclic) bond motifs is 1. The summed E-state index contributed by atoms with van der Waals surface area (Å²) >= 11 is 0. The fourth-order valence-corrected chi connectivity index (χ4v) is 1.48. The van der Waals surface area contributed by atoms with Gasteiger partial charge in [-0.3, -0.25) is 4.98 Å². The number of hydrogen-bond acceptors (Lipinski definition) is 3. The van der Waals surface area contributed by atoms with Crippen LogP contribution in [0.5, 0.6) is 0 Å². The first-order chi connectivity index (χ1) is 7.20. The summed E-state index contributed by atoms with van der Waals surface area (Å²) in [5, 5.41) is 1.03. The Balaban J connectivity index is 2.57. The fraction of sp³-hybridized carbons (Fsp3) is 0.167. The number of pyridine rings is 1. The van der Waals surface area contributed by atoms with Crippen molar-refractivity contribution in [2.24, 2.45) is 0 Å². The molecular weight excluding hydrogens is 190 g/mol. The van der Waals surface area contributed by atoms with Gasteiger partial charge in [-0.2, -0.15) is 0 Å². The lowest BCUT2D eigenvalue weighted by molar-refractivity contribution is 0.0601. The lowest BCUT2D eigenvalue weighted by atomic mass is 10.1. The van der Waals surface area contributed by atoms with Gasteiger partial charge in [0.05, 0.1) is 18.2 Å². The van der Waals surface area contributed by atoms with Gasteiger partial charge in [0.1, 0.15) is 0 Å². The molecular formula is C12H11NO2. The molecule has 0 radical (unpaired) electrons. The zero-order valence-electron chi connectivity index (χ0n) is 8.65. The maximum absolute atomic E-state index is 11.3. The molecule has 3 heteroatoms. The van der Waals surface area contributed by atoms with E-state index in [-0.39, 0.29) is 5.97 Å². The van der Waals surface area contributed by atoms with Gasteiger partial charge in [-0.1, -0.05) is 6.07 Å². The Morgan fingerprint density at radius 1 is 1.33 bits per heavy atom. The first-order valence-corrected chi connectivity index (χ1v) is 4.65. The Kier molecular flexibility index (Phi) is 2.37. The highest BCUT2D eigenvalue weighted by Crippen LogP contribution is 2.15. The largest absolute Gasteiger partial charge is 0.465 e. The average molecular weight is 201 g/mol. The summed E-state index contributed by atoms with van der Waals surface area (Å²) in [5.74, 6) is -0.334. The van der Waals surface area contributed by atoms with Crippen LogP contribution in [0.2, 0.25) is 0 Å². The van der Waals surface area contributed by atoms with Crippen LogP contribution in [0.25, 0.3) is 10.9 Å². The van der Waals surface area contributed by atoms with Crippen LogP contribution in [-0.4, -0.2) is 18.1 Å². The number of nitrogens with zero attached hydrogens (tertiary/aromatic N) is 1. The van der Waals surface area contributed by atoms with Crippen LogP contribution in [-0.2, 0) is 4.74 Å². The molecule has 0 unspecified atom stereocenters. The number of carbonyl (C=O) groups is 1. The van der Waals surface area contributed by atoms with E-state index in [1.807, 2.05) is 19.1 Å². The van der Waals surface area contributed by atoms with Gasteiger partial charge in [0.2, 0.25) is 0 Å². The van der Waals surface area contributed by atoms with Gasteiger partial charge in [-0.15, -0.1) is 0 Å². The molecule has 2 aromatic rings. The van der Waals surface area contributed by atoms with Gasteiger partial charge in [-0.25, -0.2) is 4.79 Å². The number of rotatable bonds is 1. The molecule has 76 valence electrons. The summed E-state index contributed by atoms with van der Waals surface area (Å²) in [7, 11) is 1.37. The van der Waals surface area contributed by atoms with Crippen molar-refractivity contribution in [1.29, 1.82) is 0 Å². The molecule has 0 aliphatic rings. The molecule has 0 aliphatic carbocycles. The van der Waals surface area contributed by atoms with Gasteiger partial charge >= 0.3 is 5.97 Å². The SMILES string of the molecule is COC(=O)c1ccc2cc(C)cnc2c1. The lowest BCUT2D eigenvalue weighted by Crippen LogP contribution is -2.00. The Hall–Kier alpha value is -1.90. The molecule has 0 aliphatic heterocycles. The van der Waals surface area contributed by atoms with Crippen molar-refractivity contribution < 1.29 is 9.53 Å². The van der Waals surface area contributed by atoms with Crippen molar-refractivity contribution >= 4 is 16.9 Å². The van der Waals surface area contributed by atoms with E-state index in [2.05, 4.69) is 9.72 Å². The third-order valence-corrected chi connectivity index (χ3v) is 2.24. The van der Waals surface area contributed by atoms with Crippen molar-refractivity contribution in [3.63, 3.8) is 0 Å². The van der Waals surface area contributed by atoms with Crippen LogP contribution in [0.4, 0.5) is 0 Å². The second kappa shape index (κ2) is 3.69. The van der Waals surface area contributed by atoms with Crippen molar-refractivity contribution in [1.82, 2.24) is 4.98 Å². The summed E-state index contributed by atoms with van der Waals surface area (Å²) in [6.45, 7) is 1.99. The van der Waals surface area contributed by atoms with Crippen LogP contribution < -0.4 is 0 Å². The van der Waals surface area contributed by atoms with Crippen LogP contribution in [0, 0.1) is 6.92 Å². The second-order valence-electron chi connectivity index (χ2n) is 3.41. The molecule has 0 saturated carbocycles. The normalized spacial score (nSPS) is 10.3. The first-order valence-electron chi connectivity index (χ1n) is 4.65. The molecule has 0 saturated heterocycles. The smallest absolute Gasteiger partial charge is 0.337 e. The van der Waals surface area contributed by atoms with E-state index >= 15 is 0 Å². The lowest BCUT2D eigenvalue weighted by Gasteiger charge is -2.02. The maximum atomic E-state index is 11.3. The highest BCUT2D eigenvalue weighted by molar-refractivity contribution is 5.94. The van der Waals surface area contributed by atoms with E-state index in [9.17, 15) is 4.79 Å². The van der Waals surface area contributed by atoms with Crippen molar-refractivity contribution in [3.05, 3.63) is 41.6 Å². The quantitative estimate of drug-likeness (QED) is 0.665. The van der Waals surface area contributed by atoms with Gasteiger partial charge in [0.15, 0.2) is 0 Å². The molecule has 3 nitrogen and oxygen atoms in total. The Labute approximate surface area is 87.7 Å². The predicted molar refractivity (Wildman–Crippen MR) is 57.8 cm³/mol. The number of ether oxygens (including phenoxy) is 1. The van der Waals surface area contributed by atoms with Gasteiger partial charge in [0.25, 0.3) is 0 Å². The van der Waals surface area contributed by atoms with Crippen LogP contribution in [0.1, 0.15) is 15.9 Å². The topological polar surface area (TPSA) is 39.2 Å².